The van der Waals surface area contributed by atoms with Crippen LogP contribution in [0.25, 0.3) is 6.08 Å². The van der Waals surface area contributed by atoms with Crippen LogP contribution >= 0.6 is 0 Å². The molecule has 1 aromatic carbocycles. The van der Waals surface area contributed by atoms with Gasteiger partial charge in [-0.25, -0.2) is 4.39 Å². The highest BCUT2D eigenvalue weighted by molar-refractivity contribution is 5.51. The summed E-state index contributed by atoms with van der Waals surface area (Å²) in [4.78, 5) is 0. The Bertz CT molecular complexity index is 353. The van der Waals surface area contributed by atoms with Crippen molar-refractivity contribution in [2.45, 2.75) is 6.61 Å². The first-order valence-electron chi connectivity index (χ1n) is 4.24. The van der Waals surface area contributed by atoms with Gasteiger partial charge in [0.15, 0.2) is 0 Å². The number of halogens is 3. The van der Waals surface area contributed by atoms with E-state index < -0.39 is 12.4 Å². The molecule has 0 amide bonds. The van der Waals surface area contributed by atoms with Crippen LogP contribution in [0.4, 0.5) is 13.2 Å². The highest BCUT2D eigenvalue weighted by Crippen LogP contribution is 2.19. The van der Waals surface area contributed by atoms with Crippen LogP contribution in [-0.2, 0) is 0 Å². The number of benzene rings is 1. The number of hydrogen-bond donors (Lipinski definition) is 1. The molecule has 2 N–H and O–H groups in total. The van der Waals surface area contributed by atoms with Crippen molar-refractivity contribution in [3.63, 3.8) is 0 Å². The molecule has 0 saturated heterocycles. The summed E-state index contributed by atoms with van der Waals surface area (Å²) in [6, 6.07) is 3.52. The highest BCUT2D eigenvalue weighted by Gasteiger charge is 2.06. The van der Waals surface area contributed by atoms with Gasteiger partial charge in [0.05, 0.1) is 0 Å². The Labute approximate surface area is 85.2 Å². The molecule has 2 nitrogen and oxygen atoms in total. The van der Waals surface area contributed by atoms with Crippen molar-refractivity contribution in [2.75, 3.05) is 6.54 Å². The first kappa shape index (κ1) is 11.6. The van der Waals surface area contributed by atoms with Crippen LogP contribution in [-0.4, -0.2) is 13.2 Å². The van der Waals surface area contributed by atoms with Gasteiger partial charge < -0.3 is 10.5 Å². The van der Waals surface area contributed by atoms with Gasteiger partial charge in [-0.05, 0) is 12.1 Å². The fourth-order valence-corrected chi connectivity index (χ4v) is 1.01. The molecule has 1 rings (SSSR count). The molecular formula is C10H10F3NO. The second-order valence-corrected chi connectivity index (χ2v) is 2.70. The lowest BCUT2D eigenvalue weighted by Gasteiger charge is -2.05. The van der Waals surface area contributed by atoms with E-state index in [4.69, 9.17) is 5.73 Å². The van der Waals surface area contributed by atoms with Crippen LogP contribution < -0.4 is 10.5 Å². The van der Waals surface area contributed by atoms with Gasteiger partial charge in [0, 0.05) is 18.2 Å². The summed E-state index contributed by atoms with van der Waals surface area (Å²) in [5.74, 6) is -0.828. The quantitative estimate of drug-likeness (QED) is 0.840. The summed E-state index contributed by atoms with van der Waals surface area (Å²) in [5, 5.41) is 0. The molecule has 0 spiro atoms. The highest BCUT2D eigenvalue weighted by atomic mass is 19.3. The van der Waals surface area contributed by atoms with E-state index in [0.29, 0.717) is 0 Å². The third kappa shape index (κ3) is 3.63. The Balaban J connectivity index is 2.83. The summed E-state index contributed by atoms with van der Waals surface area (Å²) in [5.41, 5.74) is 5.47. The lowest BCUT2D eigenvalue weighted by molar-refractivity contribution is -0.0499. The van der Waals surface area contributed by atoms with Gasteiger partial charge in [0.2, 0.25) is 0 Å². The Morgan fingerprint density at radius 3 is 2.67 bits per heavy atom. The van der Waals surface area contributed by atoms with Gasteiger partial charge >= 0.3 is 6.61 Å². The summed E-state index contributed by atoms with van der Waals surface area (Å²) in [6.45, 7) is -2.66. The number of rotatable bonds is 4. The maximum atomic E-state index is 13.2. The molecule has 0 aromatic heterocycles. The molecule has 5 heteroatoms. The van der Waals surface area contributed by atoms with Gasteiger partial charge in [-0.15, -0.1) is 0 Å². The van der Waals surface area contributed by atoms with E-state index in [-0.39, 0.29) is 17.9 Å². The van der Waals surface area contributed by atoms with Crippen molar-refractivity contribution in [1.82, 2.24) is 0 Å². The van der Waals surface area contributed by atoms with Crippen LogP contribution in [0.2, 0.25) is 0 Å². The van der Waals surface area contributed by atoms with Crippen molar-refractivity contribution in [2.24, 2.45) is 5.73 Å². The molecule has 0 bridgehead atoms. The summed E-state index contributed by atoms with van der Waals surface area (Å²) < 4.78 is 40.8. The van der Waals surface area contributed by atoms with Crippen LogP contribution in [0.3, 0.4) is 0 Å². The number of hydrogen-bond acceptors (Lipinski definition) is 2. The molecule has 0 aliphatic rings. The number of ether oxygens (including phenoxy) is 1. The normalized spacial score (nSPS) is 11.3. The minimum atomic E-state index is -2.95. The second kappa shape index (κ2) is 5.41. The molecule has 0 heterocycles. The maximum absolute atomic E-state index is 13.2. The number of nitrogens with two attached hydrogens (primary N) is 1. The van der Waals surface area contributed by atoms with Crippen molar-refractivity contribution in [3.05, 3.63) is 35.7 Å². The van der Waals surface area contributed by atoms with E-state index >= 15 is 0 Å². The lowest BCUT2D eigenvalue weighted by atomic mass is 10.2. The largest absolute Gasteiger partial charge is 0.435 e. The predicted molar refractivity (Wildman–Crippen MR) is 51.1 cm³/mol. The Hall–Kier alpha value is -1.49. The van der Waals surface area contributed by atoms with Crippen LogP contribution in [0, 0.1) is 5.82 Å². The molecule has 0 radical (unpaired) electrons. The second-order valence-electron chi connectivity index (χ2n) is 2.70. The molecule has 0 aliphatic heterocycles. The average molecular weight is 217 g/mol. The van der Waals surface area contributed by atoms with Gasteiger partial charge in [-0.1, -0.05) is 12.2 Å². The predicted octanol–water partition coefficient (Wildman–Crippen LogP) is 2.40. The monoisotopic (exact) mass is 217 g/mol. The Morgan fingerprint density at radius 1 is 1.40 bits per heavy atom. The van der Waals surface area contributed by atoms with E-state index in [2.05, 4.69) is 4.74 Å². The zero-order valence-electron chi connectivity index (χ0n) is 7.79. The summed E-state index contributed by atoms with van der Waals surface area (Å²) >= 11 is 0. The van der Waals surface area contributed by atoms with Crippen LogP contribution in [0.5, 0.6) is 5.75 Å². The third-order valence-electron chi connectivity index (χ3n) is 1.63. The number of alkyl halides is 2. The van der Waals surface area contributed by atoms with Gasteiger partial charge in [0.25, 0.3) is 0 Å². The van der Waals surface area contributed by atoms with Gasteiger partial charge in [-0.2, -0.15) is 8.78 Å². The molecule has 15 heavy (non-hydrogen) atoms. The molecule has 0 aliphatic carbocycles. The molecule has 82 valence electrons. The van der Waals surface area contributed by atoms with Crippen molar-refractivity contribution < 1.29 is 17.9 Å². The molecular weight excluding hydrogens is 207 g/mol. The zero-order chi connectivity index (χ0) is 11.3. The Kier molecular flexibility index (Phi) is 4.17. The van der Waals surface area contributed by atoms with Crippen molar-refractivity contribution in [1.29, 1.82) is 0 Å². The molecule has 0 atom stereocenters. The molecule has 1 aromatic rings. The molecule has 0 fully saturated rings. The van der Waals surface area contributed by atoms with Crippen molar-refractivity contribution >= 4 is 6.08 Å². The van der Waals surface area contributed by atoms with Crippen molar-refractivity contribution in [3.8, 4) is 5.75 Å². The standard InChI is InChI=1S/C10H10F3NO/c11-9-6-8(15-10(12)13)4-3-7(9)2-1-5-14/h1-4,6,10H,5,14H2/b2-1+. The average Bonchev–Trinajstić information content (AvgIpc) is 2.15. The topological polar surface area (TPSA) is 35.2 Å². The first-order chi connectivity index (χ1) is 7.13. The van der Waals surface area contributed by atoms with E-state index in [1.807, 2.05) is 0 Å². The molecule has 0 saturated carbocycles. The fourth-order valence-electron chi connectivity index (χ4n) is 1.01. The van der Waals surface area contributed by atoms with Crippen LogP contribution in [0.1, 0.15) is 5.56 Å². The summed E-state index contributed by atoms with van der Waals surface area (Å²) in [7, 11) is 0. The summed E-state index contributed by atoms with van der Waals surface area (Å²) in [6.07, 6.45) is 3.04. The minimum Gasteiger partial charge on any atom is -0.435 e. The maximum Gasteiger partial charge on any atom is 0.387 e. The van der Waals surface area contributed by atoms with E-state index in [0.717, 1.165) is 6.07 Å². The third-order valence-corrected chi connectivity index (χ3v) is 1.63. The van der Waals surface area contributed by atoms with Crippen LogP contribution in [0.15, 0.2) is 24.3 Å². The van der Waals surface area contributed by atoms with E-state index in [1.54, 1.807) is 6.08 Å². The minimum absolute atomic E-state index is 0.201. The van der Waals surface area contributed by atoms with E-state index in [1.165, 1.54) is 18.2 Å². The van der Waals surface area contributed by atoms with Gasteiger partial charge in [0.1, 0.15) is 11.6 Å². The van der Waals surface area contributed by atoms with E-state index in [9.17, 15) is 13.2 Å². The first-order valence-corrected chi connectivity index (χ1v) is 4.24. The SMILES string of the molecule is NC/C=C/c1ccc(OC(F)F)cc1F. The fraction of sp³-hybridized carbons (Fsp3) is 0.200. The Morgan fingerprint density at radius 2 is 2.13 bits per heavy atom. The zero-order valence-corrected chi connectivity index (χ0v) is 7.79. The smallest absolute Gasteiger partial charge is 0.387 e. The van der Waals surface area contributed by atoms with Gasteiger partial charge in [-0.3, -0.25) is 0 Å². The lowest BCUT2D eigenvalue weighted by Crippen LogP contribution is -2.02. The molecule has 0 unspecified atom stereocenters.